The maximum atomic E-state index is 11.9. The molecule has 0 saturated heterocycles. The summed E-state index contributed by atoms with van der Waals surface area (Å²) in [5, 5.41) is 13.4. The Morgan fingerprint density at radius 1 is 1.50 bits per heavy atom. The van der Waals surface area contributed by atoms with Gasteiger partial charge in [0.2, 0.25) is 5.91 Å². The lowest BCUT2D eigenvalue weighted by Crippen LogP contribution is -2.10. The van der Waals surface area contributed by atoms with Gasteiger partial charge in [-0.25, -0.2) is 0 Å². The Kier molecular flexibility index (Phi) is 3.64. The molecule has 0 spiro atoms. The average molecular weight is 268 g/mol. The predicted molar refractivity (Wildman–Crippen MR) is 73.1 cm³/mol. The fraction of sp³-hybridized carbons (Fsp3) is 0.500. The third-order valence-electron chi connectivity index (χ3n) is 3.65. The van der Waals surface area contributed by atoms with E-state index in [1.165, 1.54) is 0 Å². The van der Waals surface area contributed by atoms with E-state index in [0.717, 1.165) is 28.8 Å². The molecule has 98 valence electrons. The molecule has 0 radical (unpaired) electrons. The summed E-state index contributed by atoms with van der Waals surface area (Å²) in [6.07, 6.45) is 0.784. The van der Waals surface area contributed by atoms with Crippen LogP contribution in [0.5, 0.6) is 0 Å². The summed E-state index contributed by atoms with van der Waals surface area (Å²) in [5.74, 6) is -0.103. The van der Waals surface area contributed by atoms with Gasteiger partial charge in [-0.1, -0.05) is 25.4 Å². The highest BCUT2D eigenvalue weighted by molar-refractivity contribution is 6.33. The Morgan fingerprint density at radius 3 is 2.72 bits per heavy atom. The molecule has 1 aliphatic rings. The molecule has 1 amide bonds. The topological polar surface area (TPSA) is 49.3 Å². The van der Waals surface area contributed by atoms with Gasteiger partial charge in [-0.15, -0.1) is 0 Å². The van der Waals surface area contributed by atoms with E-state index < -0.39 is 6.10 Å². The molecule has 1 heterocycles. The van der Waals surface area contributed by atoms with Crippen molar-refractivity contribution in [1.29, 1.82) is 0 Å². The second kappa shape index (κ2) is 4.90. The van der Waals surface area contributed by atoms with E-state index >= 15 is 0 Å². The largest absolute Gasteiger partial charge is 0.388 e. The van der Waals surface area contributed by atoms with Crippen molar-refractivity contribution in [3.63, 3.8) is 0 Å². The van der Waals surface area contributed by atoms with Crippen LogP contribution in [0.3, 0.4) is 0 Å². The summed E-state index contributed by atoms with van der Waals surface area (Å²) in [4.78, 5) is 11.9. The number of carbonyl (C=O) groups is 1. The Balaban J connectivity index is 2.60. The Labute approximate surface area is 112 Å². The van der Waals surface area contributed by atoms with Crippen LogP contribution in [0, 0.1) is 6.92 Å². The van der Waals surface area contributed by atoms with Crippen molar-refractivity contribution in [2.45, 2.75) is 45.6 Å². The van der Waals surface area contributed by atoms with Gasteiger partial charge in [0.05, 0.1) is 17.0 Å². The molecule has 1 aromatic rings. The van der Waals surface area contributed by atoms with Crippen LogP contribution >= 0.6 is 11.6 Å². The van der Waals surface area contributed by atoms with Crippen LogP contribution in [0.2, 0.25) is 5.02 Å². The summed E-state index contributed by atoms with van der Waals surface area (Å²) in [6.45, 7) is 5.77. The van der Waals surface area contributed by atoms with Crippen LogP contribution in [0.25, 0.3) is 0 Å². The van der Waals surface area contributed by atoms with E-state index in [4.69, 9.17) is 11.6 Å². The Morgan fingerprint density at radius 2 is 2.17 bits per heavy atom. The molecule has 2 rings (SSSR count). The molecule has 0 bridgehead atoms. The molecule has 3 nitrogen and oxygen atoms in total. The molecule has 0 saturated carbocycles. The third-order valence-corrected chi connectivity index (χ3v) is 4.15. The zero-order valence-corrected chi connectivity index (χ0v) is 11.6. The molecule has 0 aromatic heterocycles. The maximum absolute atomic E-state index is 11.9. The number of carbonyl (C=O) groups excluding carboxylic acids is 1. The number of amides is 1. The smallest absolute Gasteiger partial charge is 0.232 e. The van der Waals surface area contributed by atoms with Gasteiger partial charge in [0.15, 0.2) is 0 Å². The lowest BCUT2D eigenvalue weighted by atomic mass is 9.92. The summed E-state index contributed by atoms with van der Waals surface area (Å²) in [5.41, 5.74) is 3.36. The lowest BCUT2D eigenvalue weighted by molar-refractivity contribution is -0.117. The van der Waals surface area contributed by atoms with Crippen molar-refractivity contribution in [3.05, 3.63) is 27.8 Å². The fourth-order valence-electron chi connectivity index (χ4n) is 2.51. The molecule has 18 heavy (non-hydrogen) atoms. The molecule has 2 N–H and O–H groups in total. The van der Waals surface area contributed by atoms with Crippen LogP contribution in [-0.2, 0) is 4.79 Å². The zero-order chi connectivity index (χ0) is 13.4. The van der Waals surface area contributed by atoms with Crippen LogP contribution in [0.1, 0.15) is 55.4 Å². The number of benzene rings is 1. The minimum absolute atomic E-state index is 0.0230. The van der Waals surface area contributed by atoms with Crippen molar-refractivity contribution >= 4 is 23.2 Å². The predicted octanol–water partition coefficient (Wildman–Crippen LogP) is 3.54. The molecule has 0 fully saturated rings. The van der Waals surface area contributed by atoms with Gasteiger partial charge < -0.3 is 10.4 Å². The molecular formula is C14H18ClNO2. The molecular weight excluding hydrogens is 250 g/mol. The van der Waals surface area contributed by atoms with Crippen molar-refractivity contribution in [2.24, 2.45) is 0 Å². The first kappa shape index (κ1) is 13.4. The van der Waals surface area contributed by atoms with E-state index in [1.54, 1.807) is 0 Å². The van der Waals surface area contributed by atoms with E-state index in [-0.39, 0.29) is 11.8 Å². The van der Waals surface area contributed by atoms with Crippen LogP contribution in [0.4, 0.5) is 5.69 Å². The third kappa shape index (κ3) is 1.91. The first-order valence-electron chi connectivity index (χ1n) is 6.33. The van der Waals surface area contributed by atoms with E-state index in [0.29, 0.717) is 11.4 Å². The van der Waals surface area contributed by atoms with Crippen molar-refractivity contribution in [3.8, 4) is 0 Å². The van der Waals surface area contributed by atoms with Crippen molar-refractivity contribution < 1.29 is 9.90 Å². The minimum Gasteiger partial charge on any atom is -0.388 e. The normalized spacial score (nSPS) is 19.6. The molecule has 1 aromatic carbocycles. The van der Waals surface area contributed by atoms with Crippen molar-refractivity contribution in [2.75, 3.05) is 5.32 Å². The van der Waals surface area contributed by atoms with Gasteiger partial charge in [-0.3, -0.25) is 4.79 Å². The van der Waals surface area contributed by atoms with E-state index in [2.05, 4.69) is 5.32 Å². The van der Waals surface area contributed by atoms with Gasteiger partial charge in [-0.2, -0.15) is 0 Å². The number of hydrogen-bond acceptors (Lipinski definition) is 2. The average Bonchev–Trinajstić information content (AvgIpc) is 2.68. The van der Waals surface area contributed by atoms with Gasteiger partial charge in [-0.05, 0) is 42.5 Å². The SMILES string of the molecule is CCC(O)c1cc2c(c(C)c1Cl)NC(=O)C2CC. The van der Waals surface area contributed by atoms with Gasteiger partial charge in [0, 0.05) is 5.69 Å². The fourth-order valence-corrected chi connectivity index (χ4v) is 2.78. The highest BCUT2D eigenvalue weighted by atomic mass is 35.5. The van der Waals surface area contributed by atoms with E-state index in [1.807, 2.05) is 26.8 Å². The standard InChI is InChI=1S/C14H18ClNO2/c1-4-8-9-6-10(11(17)5-2)12(15)7(3)13(9)16-14(8)18/h6,8,11,17H,4-5H2,1-3H3,(H,16,18). The van der Waals surface area contributed by atoms with Gasteiger partial charge >= 0.3 is 0 Å². The number of aliphatic hydroxyl groups excluding tert-OH is 1. The molecule has 4 heteroatoms. The number of halogens is 1. The number of fused-ring (bicyclic) bond motifs is 1. The summed E-state index contributed by atoms with van der Waals surface area (Å²) < 4.78 is 0. The molecule has 1 aliphatic heterocycles. The highest BCUT2D eigenvalue weighted by Crippen LogP contribution is 2.43. The first-order valence-corrected chi connectivity index (χ1v) is 6.70. The first-order chi connectivity index (χ1) is 8.51. The maximum Gasteiger partial charge on any atom is 0.232 e. The Bertz CT molecular complexity index is 499. The number of hydrogen-bond donors (Lipinski definition) is 2. The summed E-state index contributed by atoms with van der Waals surface area (Å²) in [7, 11) is 0. The number of rotatable bonds is 3. The minimum atomic E-state index is -0.574. The van der Waals surface area contributed by atoms with Crippen LogP contribution in [0.15, 0.2) is 6.07 Å². The second-order valence-corrected chi connectivity index (χ2v) is 5.12. The Hall–Kier alpha value is -1.06. The number of anilines is 1. The number of nitrogens with one attached hydrogen (secondary N) is 1. The summed E-state index contributed by atoms with van der Waals surface area (Å²) >= 11 is 6.28. The number of aliphatic hydroxyl groups is 1. The van der Waals surface area contributed by atoms with Crippen LogP contribution < -0.4 is 5.32 Å². The molecule has 2 atom stereocenters. The second-order valence-electron chi connectivity index (χ2n) is 4.74. The monoisotopic (exact) mass is 267 g/mol. The highest BCUT2D eigenvalue weighted by Gasteiger charge is 2.32. The van der Waals surface area contributed by atoms with Crippen LogP contribution in [-0.4, -0.2) is 11.0 Å². The van der Waals surface area contributed by atoms with Gasteiger partial charge in [0.1, 0.15) is 0 Å². The quantitative estimate of drug-likeness (QED) is 0.880. The lowest BCUT2D eigenvalue weighted by Gasteiger charge is -2.16. The summed E-state index contributed by atoms with van der Waals surface area (Å²) in [6, 6.07) is 1.88. The zero-order valence-electron chi connectivity index (χ0n) is 10.9. The van der Waals surface area contributed by atoms with E-state index in [9.17, 15) is 9.90 Å². The molecule has 0 aliphatic carbocycles. The van der Waals surface area contributed by atoms with Gasteiger partial charge in [0.25, 0.3) is 0 Å². The molecule has 2 unspecified atom stereocenters. The van der Waals surface area contributed by atoms with Crippen molar-refractivity contribution in [1.82, 2.24) is 0 Å².